The van der Waals surface area contributed by atoms with E-state index in [1.807, 2.05) is 115 Å². The molecule has 51 heavy (non-hydrogen) atoms. The molecule has 0 spiro atoms. The van der Waals surface area contributed by atoms with Gasteiger partial charge in [0.1, 0.15) is 0 Å². The lowest BCUT2D eigenvalue weighted by molar-refractivity contribution is 1.22. The Kier molecular flexibility index (Phi) is 9.52. The Morgan fingerprint density at radius 3 is 1.39 bits per heavy atom. The highest BCUT2D eigenvalue weighted by atomic mass is 14.8. The maximum atomic E-state index is 8.47. The van der Waals surface area contributed by atoms with E-state index in [4.69, 9.17) is 26.5 Å². The Morgan fingerprint density at radius 1 is 0.412 bits per heavy atom. The highest BCUT2D eigenvalue weighted by Crippen LogP contribution is 2.34. The summed E-state index contributed by atoms with van der Waals surface area (Å²) in [5.74, 6) is 0. The van der Waals surface area contributed by atoms with Gasteiger partial charge in [-0.3, -0.25) is 20.8 Å². The second kappa shape index (κ2) is 15.0. The van der Waals surface area contributed by atoms with Crippen molar-refractivity contribution >= 4 is 28.3 Å². The van der Waals surface area contributed by atoms with Gasteiger partial charge in [0.05, 0.1) is 45.6 Å². The van der Waals surface area contributed by atoms with Gasteiger partial charge in [-0.1, -0.05) is 103 Å². The molecule has 7 heteroatoms. The van der Waals surface area contributed by atoms with Crippen LogP contribution in [0.1, 0.15) is 11.4 Å². The van der Waals surface area contributed by atoms with Crippen LogP contribution in [0.25, 0.3) is 56.2 Å². The van der Waals surface area contributed by atoms with Crippen molar-refractivity contribution in [2.75, 3.05) is 5.73 Å². The molecule has 4 N–H and O–H groups in total. The summed E-state index contributed by atoms with van der Waals surface area (Å²) in [4.78, 5) is 18.2. The average Bonchev–Trinajstić information content (AvgIpc) is 3.20. The van der Waals surface area contributed by atoms with E-state index in [-0.39, 0.29) is 11.4 Å². The van der Waals surface area contributed by atoms with Crippen LogP contribution in [0.5, 0.6) is 0 Å². The molecule has 0 bridgehead atoms. The summed E-state index contributed by atoms with van der Waals surface area (Å²) in [5.41, 5.74) is 17.6. The number of benzene rings is 3. The standard InChI is InChI=1S/C26H18N6.C18H15N/c27-19-16-17(20-9-5-11-24(31-20)22-7-1-3-13-29-22)15-18(26(19)28)21-10-6-12-25(32-21)23-8-2-4-14-30-23;19-18-16(14-8-3-1-4-9-14)12-7-13-17(18)15-10-5-2-6-11-15/h1-16,27-28H;1-13H,19H2. The molecule has 244 valence electrons. The summed E-state index contributed by atoms with van der Waals surface area (Å²) in [6.45, 7) is 0. The van der Waals surface area contributed by atoms with Crippen molar-refractivity contribution in [2.45, 2.75) is 0 Å². The minimum Gasteiger partial charge on any atom is -0.398 e. The van der Waals surface area contributed by atoms with E-state index >= 15 is 0 Å². The quantitative estimate of drug-likeness (QED) is 0.121. The number of hydrogen-bond acceptors (Lipinski definition) is 7. The molecule has 0 saturated carbocycles. The largest absolute Gasteiger partial charge is 0.398 e. The Bertz CT molecular complexity index is 2330. The van der Waals surface area contributed by atoms with E-state index in [0.717, 1.165) is 56.3 Å². The van der Waals surface area contributed by atoms with Gasteiger partial charge in [0.25, 0.3) is 0 Å². The van der Waals surface area contributed by atoms with E-state index in [1.165, 1.54) is 0 Å². The molecule has 4 heterocycles. The van der Waals surface area contributed by atoms with Crippen LogP contribution in [0.15, 0.2) is 176 Å². The molecule has 1 aliphatic rings. The first-order valence-electron chi connectivity index (χ1n) is 16.4. The number of pyridine rings is 4. The van der Waals surface area contributed by atoms with Crippen LogP contribution in [-0.4, -0.2) is 31.4 Å². The van der Waals surface area contributed by atoms with Crippen molar-refractivity contribution in [1.82, 2.24) is 19.9 Å². The van der Waals surface area contributed by atoms with Crippen LogP contribution in [0.4, 0.5) is 5.69 Å². The van der Waals surface area contributed by atoms with Gasteiger partial charge in [-0.05, 0) is 71.8 Å². The molecule has 4 aromatic heterocycles. The van der Waals surface area contributed by atoms with E-state index in [9.17, 15) is 0 Å². The lowest BCUT2D eigenvalue weighted by Crippen LogP contribution is -2.17. The lowest BCUT2D eigenvalue weighted by atomic mass is 9.91. The third-order valence-corrected chi connectivity index (χ3v) is 8.34. The van der Waals surface area contributed by atoms with Gasteiger partial charge in [0, 0.05) is 40.4 Å². The second-order valence-electron chi connectivity index (χ2n) is 11.7. The summed E-state index contributed by atoms with van der Waals surface area (Å²) in [6, 6.07) is 49.4. The van der Waals surface area contributed by atoms with E-state index in [1.54, 1.807) is 18.5 Å². The van der Waals surface area contributed by atoms with Crippen molar-refractivity contribution in [3.63, 3.8) is 0 Å². The first-order valence-corrected chi connectivity index (χ1v) is 16.4. The molecule has 0 atom stereocenters. The van der Waals surface area contributed by atoms with Crippen LogP contribution in [-0.2, 0) is 0 Å². The van der Waals surface area contributed by atoms with Gasteiger partial charge in [0.2, 0.25) is 0 Å². The zero-order valence-corrected chi connectivity index (χ0v) is 27.6. The molecule has 0 aliphatic heterocycles. The summed E-state index contributed by atoms with van der Waals surface area (Å²) < 4.78 is 0. The van der Waals surface area contributed by atoms with E-state index in [0.29, 0.717) is 17.0 Å². The van der Waals surface area contributed by atoms with Crippen molar-refractivity contribution in [2.24, 2.45) is 0 Å². The van der Waals surface area contributed by atoms with E-state index in [2.05, 4.69) is 52.4 Å². The van der Waals surface area contributed by atoms with Crippen molar-refractivity contribution in [3.8, 4) is 45.0 Å². The predicted octanol–water partition coefficient (Wildman–Crippen LogP) is 9.72. The highest BCUT2D eigenvalue weighted by Gasteiger charge is 2.21. The predicted molar refractivity (Wildman–Crippen MR) is 208 cm³/mol. The van der Waals surface area contributed by atoms with Crippen LogP contribution < -0.4 is 5.73 Å². The molecular weight excluding hydrogens is 627 g/mol. The fraction of sp³-hybridized carbons (Fsp3) is 0. The molecule has 0 saturated heterocycles. The fourth-order valence-corrected chi connectivity index (χ4v) is 5.79. The number of allylic oxidation sites excluding steroid dienone is 4. The highest BCUT2D eigenvalue weighted by molar-refractivity contribution is 6.61. The third kappa shape index (κ3) is 7.33. The SMILES string of the molecule is N=C1C=C(c2cccc(-c3ccccn3)n2)C=C(c2cccc(-c3ccccn3)n2)C1=N.Nc1c(-c2ccccc2)cccc1-c1ccccc1. The van der Waals surface area contributed by atoms with Gasteiger partial charge in [-0.15, -0.1) is 0 Å². The summed E-state index contributed by atoms with van der Waals surface area (Å²) in [6.07, 6.45) is 7.00. The molecule has 0 fully saturated rings. The van der Waals surface area contributed by atoms with Crippen molar-refractivity contribution in [1.29, 1.82) is 10.8 Å². The molecule has 0 amide bonds. The second-order valence-corrected chi connectivity index (χ2v) is 11.7. The Labute approximate surface area is 296 Å². The summed E-state index contributed by atoms with van der Waals surface area (Å²) >= 11 is 0. The maximum Gasteiger partial charge on any atom is 0.0893 e. The molecule has 8 rings (SSSR count). The number of rotatable bonds is 6. The van der Waals surface area contributed by atoms with Gasteiger partial charge < -0.3 is 5.73 Å². The van der Waals surface area contributed by atoms with Gasteiger partial charge >= 0.3 is 0 Å². The molecule has 1 aliphatic carbocycles. The molecule has 7 nitrogen and oxygen atoms in total. The number of nitrogens with two attached hydrogens (primary N) is 1. The van der Waals surface area contributed by atoms with Gasteiger partial charge in [-0.2, -0.15) is 0 Å². The number of nitrogens with one attached hydrogen (secondary N) is 2. The van der Waals surface area contributed by atoms with Gasteiger partial charge in [-0.25, -0.2) is 9.97 Å². The number of nitrogens with zero attached hydrogens (tertiary/aromatic N) is 4. The maximum absolute atomic E-state index is 8.47. The zero-order valence-electron chi connectivity index (χ0n) is 27.6. The monoisotopic (exact) mass is 659 g/mol. The minimum absolute atomic E-state index is 0.118. The first-order chi connectivity index (χ1) is 25.0. The number of nitrogen functional groups attached to an aromatic ring is 1. The minimum atomic E-state index is 0.118. The fourth-order valence-electron chi connectivity index (χ4n) is 5.79. The molecule has 3 aromatic carbocycles. The molecule has 0 unspecified atom stereocenters. The Balaban J connectivity index is 0.000000182. The lowest BCUT2D eigenvalue weighted by Gasteiger charge is -2.16. The van der Waals surface area contributed by atoms with Crippen LogP contribution in [0.2, 0.25) is 0 Å². The third-order valence-electron chi connectivity index (χ3n) is 8.34. The van der Waals surface area contributed by atoms with E-state index < -0.39 is 0 Å². The first kappa shape index (κ1) is 32.4. The van der Waals surface area contributed by atoms with Gasteiger partial charge in [0.15, 0.2) is 0 Å². The zero-order chi connectivity index (χ0) is 35.0. The Morgan fingerprint density at radius 2 is 0.863 bits per heavy atom. The topological polar surface area (TPSA) is 125 Å². The van der Waals surface area contributed by atoms with Crippen LogP contribution in [0.3, 0.4) is 0 Å². The number of aromatic nitrogens is 4. The summed E-state index contributed by atoms with van der Waals surface area (Å²) in [7, 11) is 0. The smallest absolute Gasteiger partial charge is 0.0893 e. The van der Waals surface area contributed by atoms with Crippen LogP contribution >= 0.6 is 0 Å². The van der Waals surface area contributed by atoms with Crippen molar-refractivity contribution in [3.05, 3.63) is 188 Å². The normalized spacial score (nSPS) is 12.3. The molecular formula is C44H33N7. The average molecular weight is 660 g/mol. The number of hydrogen-bond donors (Lipinski definition) is 3. The Hall–Kier alpha value is -7.12. The molecule has 7 aromatic rings. The molecule has 0 radical (unpaired) electrons. The number of para-hydroxylation sites is 1. The number of anilines is 1. The van der Waals surface area contributed by atoms with Crippen molar-refractivity contribution < 1.29 is 0 Å². The van der Waals surface area contributed by atoms with Crippen LogP contribution in [0, 0.1) is 10.8 Å². The summed E-state index contributed by atoms with van der Waals surface area (Å²) in [5, 5.41) is 16.8.